The summed E-state index contributed by atoms with van der Waals surface area (Å²) in [4.78, 5) is 26.2. The van der Waals surface area contributed by atoms with Crippen LogP contribution in [0.4, 0.5) is 0 Å². The van der Waals surface area contributed by atoms with Gasteiger partial charge in [-0.05, 0) is 39.2 Å². The smallest absolute Gasteiger partial charge is 0.331 e. The van der Waals surface area contributed by atoms with Crippen molar-refractivity contribution in [3.05, 3.63) is 36.0 Å². The molecule has 0 unspecified atom stereocenters. The second kappa shape index (κ2) is 8.47. The maximum absolute atomic E-state index is 13.1. The van der Waals surface area contributed by atoms with Crippen LogP contribution in [0.2, 0.25) is 0 Å². The Hall–Kier alpha value is -2.08. The van der Waals surface area contributed by atoms with E-state index >= 15 is 0 Å². The standard InChI is InChI=1S/C29H36O10/c1-15-11-21(31)33-13-28-10-9-26(3)23(39-26)24(28)38-19-12-18(27(28,4)29(19)14-34-29)37-20(30)8-6-5-7-17-16(2)35-25(36-17)22(15)32/h5-8,11,16-19,22-25,32H,9-10,12-14H2,1-4H3/b7-5+,8-6-,15-11-/t16-,17-,18-,19-,22-,23+,24-,25-,26-,27-,28-,29+/m1/s1. The lowest BCUT2D eigenvalue weighted by molar-refractivity contribution is -0.250. The number of esters is 2. The predicted octanol–water partition coefficient (Wildman–Crippen LogP) is 1.89. The summed E-state index contributed by atoms with van der Waals surface area (Å²) in [6.07, 6.45) is 5.62. The van der Waals surface area contributed by atoms with Crippen molar-refractivity contribution in [3.63, 3.8) is 0 Å². The first-order chi connectivity index (χ1) is 18.5. The molecule has 2 saturated carbocycles. The first kappa shape index (κ1) is 25.9. The summed E-state index contributed by atoms with van der Waals surface area (Å²) in [6.45, 7) is 8.21. The minimum Gasteiger partial charge on any atom is -0.462 e. The number of hydrogen-bond acceptors (Lipinski definition) is 10. The highest BCUT2D eigenvalue weighted by Gasteiger charge is 2.86. The zero-order chi connectivity index (χ0) is 27.4. The summed E-state index contributed by atoms with van der Waals surface area (Å²) in [6, 6.07) is 0. The van der Waals surface area contributed by atoms with E-state index in [9.17, 15) is 14.7 Å². The summed E-state index contributed by atoms with van der Waals surface area (Å²) >= 11 is 0. The first-order valence-corrected chi connectivity index (χ1v) is 13.9. The Morgan fingerprint density at radius 1 is 0.974 bits per heavy atom. The molecule has 2 aliphatic carbocycles. The molecule has 5 heterocycles. The molecular weight excluding hydrogens is 508 g/mol. The quantitative estimate of drug-likeness (QED) is 0.357. The number of cyclic esters (lactones) is 1. The van der Waals surface area contributed by atoms with E-state index in [1.165, 1.54) is 12.2 Å². The second-order valence-electron chi connectivity index (χ2n) is 12.6. The van der Waals surface area contributed by atoms with Crippen molar-refractivity contribution in [3.8, 4) is 0 Å². The maximum atomic E-state index is 13.1. The molecule has 39 heavy (non-hydrogen) atoms. The van der Waals surface area contributed by atoms with E-state index in [2.05, 4.69) is 13.8 Å². The van der Waals surface area contributed by atoms with Gasteiger partial charge in [0.25, 0.3) is 0 Å². The highest BCUT2D eigenvalue weighted by atomic mass is 16.7. The van der Waals surface area contributed by atoms with Gasteiger partial charge in [-0.3, -0.25) is 0 Å². The molecule has 0 aromatic rings. The van der Waals surface area contributed by atoms with Crippen molar-refractivity contribution in [2.45, 2.75) is 107 Å². The molecule has 0 radical (unpaired) electrons. The maximum Gasteiger partial charge on any atom is 0.331 e. The van der Waals surface area contributed by atoms with Crippen molar-refractivity contribution in [1.82, 2.24) is 0 Å². The second-order valence-corrected chi connectivity index (χ2v) is 12.6. The molecule has 0 aromatic heterocycles. The third-order valence-electron chi connectivity index (χ3n) is 10.6. The Labute approximate surface area is 227 Å². The first-order valence-electron chi connectivity index (χ1n) is 13.9. The molecule has 0 aromatic carbocycles. The van der Waals surface area contributed by atoms with Crippen LogP contribution >= 0.6 is 0 Å². The van der Waals surface area contributed by atoms with Gasteiger partial charge in [0.15, 0.2) is 6.29 Å². The van der Waals surface area contributed by atoms with Crippen LogP contribution in [0.15, 0.2) is 36.0 Å². The number of aliphatic hydroxyl groups is 1. The van der Waals surface area contributed by atoms with E-state index in [4.69, 9.17) is 33.2 Å². The number of ether oxygens (including phenoxy) is 7. The lowest BCUT2D eigenvalue weighted by Gasteiger charge is -2.58. The predicted molar refractivity (Wildman–Crippen MR) is 133 cm³/mol. The fraction of sp³-hybridized carbons (Fsp3) is 0.724. The van der Waals surface area contributed by atoms with E-state index in [-0.39, 0.29) is 36.6 Å². The van der Waals surface area contributed by atoms with Crippen LogP contribution in [0, 0.1) is 10.8 Å². The van der Waals surface area contributed by atoms with Gasteiger partial charge in [-0.2, -0.15) is 0 Å². The SMILES string of the molecule is C/C1=C/C(=O)OC[C@]23CC[C@@]4(C)O[C@H]4[C@H]2O[C@@H]2C[C@@H](OC(=O)/C=C\C=C\[C@H]4O[C@@H](O[C@@H]4C)[C@@H]1O)[C@@]3(C)[C@]21CO1. The van der Waals surface area contributed by atoms with Crippen molar-refractivity contribution >= 4 is 11.9 Å². The number of hydrogen-bond donors (Lipinski definition) is 1. The van der Waals surface area contributed by atoms with Gasteiger partial charge in [0.2, 0.25) is 0 Å². The Bertz CT molecular complexity index is 1170. The molecule has 10 nitrogen and oxygen atoms in total. The zero-order valence-electron chi connectivity index (χ0n) is 22.7. The van der Waals surface area contributed by atoms with Gasteiger partial charge < -0.3 is 38.3 Å². The molecule has 4 bridgehead atoms. The Balaban J connectivity index is 1.27. The van der Waals surface area contributed by atoms with Crippen molar-refractivity contribution in [1.29, 1.82) is 0 Å². The zero-order valence-corrected chi connectivity index (χ0v) is 22.7. The van der Waals surface area contributed by atoms with Crippen molar-refractivity contribution in [2.24, 2.45) is 10.8 Å². The van der Waals surface area contributed by atoms with Gasteiger partial charge in [-0.1, -0.05) is 25.2 Å². The van der Waals surface area contributed by atoms with Crippen LogP contribution in [-0.4, -0.2) is 90.5 Å². The Kier molecular flexibility index (Phi) is 5.61. The number of carbonyl (C=O) groups excluding carboxylic acids is 2. The van der Waals surface area contributed by atoms with Crippen molar-refractivity contribution < 1.29 is 47.9 Å². The van der Waals surface area contributed by atoms with Crippen LogP contribution in [0.25, 0.3) is 0 Å². The number of fused-ring (bicyclic) bond motifs is 4. The van der Waals surface area contributed by atoms with E-state index in [0.717, 1.165) is 6.42 Å². The number of allylic oxidation sites excluding steroid dienone is 2. The number of aliphatic hydroxyl groups excluding tert-OH is 1. The Morgan fingerprint density at radius 3 is 2.54 bits per heavy atom. The highest BCUT2D eigenvalue weighted by molar-refractivity contribution is 5.83. The molecule has 10 heteroatoms. The normalized spacial score (nSPS) is 57.1. The highest BCUT2D eigenvalue weighted by Crippen LogP contribution is 2.75. The van der Waals surface area contributed by atoms with Gasteiger partial charge in [-0.25, -0.2) is 9.59 Å². The van der Waals surface area contributed by atoms with Crippen LogP contribution in [0.1, 0.15) is 47.0 Å². The van der Waals surface area contributed by atoms with E-state index in [1.54, 1.807) is 25.2 Å². The van der Waals surface area contributed by atoms with Crippen molar-refractivity contribution in [2.75, 3.05) is 13.2 Å². The number of carbonyl (C=O) groups is 2. The Morgan fingerprint density at radius 2 is 1.77 bits per heavy atom. The minimum atomic E-state index is -1.15. The van der Waals surface area contributed by atoms with Crippen LogP contribution in [0.3, 0.4) is 0 Å². The molecule has 7 rings (SSSR count). The van der Waals surface area contributed by atoms with E-state index in [1.807, 2.05) is 6.92 Å². The third-order valence-corrected chi connectivity index (χ3v) is 10.6. The number of epoxide rings is 2. The number of rotatable bonds is 0. The summed E-state index contributed by atoms with van der Waals surface area (Å²) in [7, 11) is 0. The van der Waals surface area contributed by atoms with Gasteiger partial charge in [-0.15, -0.1) is 0 Å². The average Bonchev–Trinajstić information content (AvgIpc) is 3.78. The molecule has 4 saturated heterocycles. The molecule has 2 spiro atoms. The van der Waals surface area contributed by atoms with Crippen LogP contribution in [-0.2, 0) is 42.7 Å². The van der Waals surface area contributed by atoms with Gasteiger partial charge >= 0.3 is 11.9 Å². The molecule has 5 aliphatic heterocycles. The molecular formula is C29H36O10. The monoisotopic (exact) mass is 544 g/mol. The largest absolute Gasteiger partial charge is 0.462 e. The van der Waals surface area contributed by atoms with Crippen LogP contribution < -0.4 is 0 Å². The lowest BCUT2D eigenvalue weighted by atomic mass is 9.50. The third kappa shape index (κ3) is 3.55. The van der Waals surface area contributed by atoms with Gasteiger partial charge in [0, 0.05) is 24.0 Å². The summed E-state index contributed by atoms with van der Waals surface area (Å²) in [5, 5.41) is 10.8. The lowest BCUT2D eigenvalue weighted by Crippen LogP contribution is -2.69. The molecule has 12 atom stereocenters. The van der Waals surface area contributed by atoms with E-state index in [0.29, 0.717) is 25.0 Å². The topological polar surface area (TPSA) is 126 Å². The minimum absolute atomic E-state index is 0.0445. The van der Waals surface area contributed by atoms with Gasteiger partial charge in [0.05, 0.1) is 35.9 Å². The molecule has 1 N–H and O–H groups in total. The fourth-order valence-corrected chi connectivity index (χ4v) is 8.00. The summed E-state index contributed by atoms with van der Waals surface area (Å²) < 4.78 is 42.8. The van der Waals surface area contributed by atoms with Gasteiger partial charge in [0.1, 0.15) is 36.6 Å². The molecule has 212 valence electrons. The summed E-state index contributed by atoms with van der Waals surface area (Å²) in [5.41, 5.74) is -1.87. The molecule has 7 aliphatic rings. The summed E-state index contributed by atoms with van der Waals surface area (Å²) in [5.74, 6) is -1.05. The molecule has 0 amide bonds. The molecule has 6 fully saturated rings. The van der Waals surface area contributed by atoms with E-state index < -0.39 is 53.0 Å². The fourth-order valence-electron chi connectivity index (χ4n) is 8.00. The average molecular weight is 545 g/mol. The van der Waals surface area contributed by atoms with Crippen LogP contribution in [0.5, 0.6) is 0 Å².